The van der Waals surface area contributed by atoms with E-state index >= 15 is 0 Å². The number of hydrogen-bond acceptors (Lipinski definition) is 3. The molecule has 0 amide bonds. The molecule has 1 saturated carbocycles. The van der Waals surface area contributed by atoms with Crippen LogP contribution in [-0.2, 0) is 33.6 Å². The van der Waals surface area contributed by atoms with Crippen LogP contribution in [0.1, 0.15) is 135 Å². The number of hydrogen-bond donors (Lipinski definition) is 0. The van der Waals surface area contributed by atoms with Crippen LogP contribution >= 0.6 is 0 Å². The van der Waals surface area contributed by atoms with Gasteiger partial charge in [-0.3, -0.25) is 0 Å². The Morgan fingerprint density at radius 3 is 1.97 bits per heavy atom. The largest absolute Gasteiger partial charge is 0.334 e. The summed E-state index contributed by atoms with van der Waals surface area (Å²) in [6.45, 7) is 24.6. The van der Waals surface area contributed by atoms with Crippen molar-refractivity contribution in [3.8, 4) is 0 Å². The number of benzene rings is 6. The van der Waals surface area contributed by atoms with Crippen molar-refractivity contribution < 1.29 is 0 Å². The second-order valence-electron chi connectivity index (χ2n) is 22.8. The van der Waals surface area contributed by atoms with Crippen LogP contribution in [0.3, 0.4) is 0 Å². The molecule has 12 rings (SSSR count). The molecule has 6 aliphatic rings. The summed E-state index contributed by atoms with van der Waals surface area (Å²) < 4.78 is 0. The molecular weight excluding hydrogens is 749 g/mol. The molecular formula is C58H62BN3. The van der Waals surface area contributed by atoms with Crippen molar-refractivity contribution in [2.75, 3.05) is 14.7 Å². The monoisotopic (exact) mass is 812 g/mol. The Kier molecular flexibility index (Phi) is 7.62. The highest BCUT2D eigenvalue weighted by Gasteiger charge is 2.64. The van der Waals surface area contributed by atoms with Gasteiger partial charge < -0.3 is 14.7 Å². The topological polar surface area (TPSA) is 9.72 Å². The Morgan fingerprint density at radius 2 is 1.18 bits per heavy atom. The van der Waals surface area contributed by atoms with Gasteiger partial charge in [0.05, 0.1) is 11.1 Å². The third-order valence-corrected chi connectivity index (χ3v) is 17.7. The molecule has 3 nitrogen and oxygen atoms in total. The third-order valence-electron chi connectivity index (χ3n) is 17.7. The summed E-state index contributed by atoms with van der Waals surface area (Å²) in [7, 11) is 0. The summed E-state index contributed by atoms with van der Waals surface area (Å²) in [6.07, 6.45) is 7.12. The molecule has 312 valence electrons. The molecule has 2 aliphatic carbocycles. The van der Waals surface area contributed by atoms with Gasteiger partial charge in [0.2, 0.25) is 0 Å². The molecule has 4 heterocycles. The minimum absolute atomic E-state index is 0.00328. The van der Waals surface area contributed by atoms with Crippen LogP contribution in [0.25, 0.3) is 0 Å². The van der Waals surface area contributed by atoms with Gasteiger partial charge in [-0.25, -0.2) is 0 Å². The molecule has 0 spiro atoms. The van der Waals surface area contributed by atoms with Crippen molar-refractivity contribution >= 4 is 62.9 Å². The minimum Gasteiger partial charge on any atom is -0.334 e. The molecule has 4 aliphatic heterocycles. The first-order chi connectivity index (χ1) is 29.5. The number of anilines is 7. The summed E-state index contributed by atoms with van der Waals surface area (Å²) in [5.41, 5.74) is 22.0. The average molecular weight is 812 g/mol. The van der Waals surface area contributed by atoms with Gasteiger partial charge in [0.15, 0.2) is 0 Å². The molecule has 6 aromatic rings. The highest BCUT2D eigenvalue weighted by Crippen LogP contribution is 2.66. The lowest BCUT2D eigenvalue weighted by molar-refractivity contribution is 0.195. The zero-order valence-electron chi connectivity index (χ0n) is 38.7. The van der Waals surface area contributed by atoms with Gasteiger partial charge in [-0.15, -0.1) is 0 Å². The Morgan fingerprint density at radius 1 is 0.500 bits per heavy atom. The standard InChI is InChI=1S/C58H62BN3/c1-53(2,3)38-20-17-21-40(33-38)60-48-34-39(54(4,5)6)27-28-45(48)59-46-25-18-24-44-52(46)62(58(10)42-22-12-11-19-37(42)29-32-56(44,58)8)50-36-41(35-49(60)51(50)59)61-47-26-14-13-23-43(47)55(7)30-15-16-31-57(55,61)9/h11-14,17-28,33-36H,15-16,29-32H2,1-10H3. The van der Waals surface area contributed by atoms with Gasteiger partial charge in [0.1, 0.15) is 0 Å². The van der Waals surface area contributed by atoms with Crippen molar-refractivity contribution in [1.29, 1.82) is 0 Å². The van der Waals surface area contributed by atoms with E-state index in [-0.39, 0.29) is 39.5 Å². The van der Waals surface area contributed by atoms with Crippen LogP contribution in [0.4, 0.5) is 39.8 Å². The van der Waals surface area contributed by atoms with Crippen LogP contribution in [0.5, 0.6) is 0 Å². The summed E-state index contributed by atoms with van der Waals surface area (Å²) in [5.74, 6) is 0. The number of aryl methyl sites for hydroxylation is 1. The summed E-state index contributed by atoms with van der Waals surface area (Å²) in [5, 5.41) is 0. The van der Waals surface area contributed by atoms with Crippen LogP contribution in [0, 0.1) is 0 Å². The van der Waals surface area contributed by atoms with E-state index in [9.17, 15) is 0 Å². The molecule has 4 heteroatoms. The van der Waals surface area contributed by atoms with Crippen LogP contribution in [0.2, 0.25) is 0 Å². The molecule has 62 heavy (non-hydrogen) atoms. The molecule has 0 aromatic heterocycles. The Hall–Kier alpha value is -5.22. The maximum atomic E-state index is 2.89. The quantitative estimate of drug-likeness (QED) is 0.161. The van der Waals surface area contributed by atoms with E-state index in [1.165, 1.54) is 115 Å². The SMILES string of the molecule is CC(C)(C)c1cccc(N2c3cc(C(C)(C)C)ccc3B3c4cccc5c4N(c4cc(N6c7ccccc7C7(C)CCCCC67C)cc2c43)C2(C)c3ccccc3CCC52C)c1. The molecule has 6 aromatic carbocycles. The Labute approximate surface area is 371 Å². The van der Waals surface area contributed by atoms with E-state index in [2.05, 4.69) is 205 Å². The first-order valence-electron chi connectivity index (χ1n) is 23.7. The lowest BCUT2D eigenvalue weighted by Crippen LogP contribution is -2.64. The van der Waals surface area contributed by atoms with Gasteiger partial charge in [-0.05, 0) is 137 Å². The van der Waals surface area contributed by atoms with Crippen LogP contribution < -0.4 is 31.1 Å². The highest BCUT2D eigenvalue weighted by atomic mass is 15.3. The number of para-hydroxylation sites is 2. The lowest BCUT2D eigenvalue weighted by atomic mass is 9.33. The summed E-state index contributed by atoms with van der Waals surface area (Å²) in [4.78, 5) is 8.40. The smallest absolute Gasteiger partial charge is 0.252 e. The van der Waals surface area contributed by atoms with Crippen LogP contribution in [-0.4, -0.2) is 12.3 Å². The van der Waals surface area contributed by atoms with E-state index in [1.807, 2.05) is 0 Å². The van der Waals surface area contributed by atoms with Gasteiger partial charge >= 0.3 is 0 Å². The molecule has 0 radical (unpaired) electrons. The van der Waals surface area contributed by atoms with Crippen molar-refractivity contribution in [3.63, 3.8) is 0 Å². The molecule has 4 unspecified atom stereocenters. The van der Waals surface area contributed by atoms with Gasteiger partial charge in [0, 0.05) is 50.6 Å². The second kappa shape index (κ2) is 12.3. The fourth-order valence-corrected chi connectivity index (χ4v) is 13.9. The van der Waals surface area contributed by atoms with Gasteiger partial charge in [0.25, 0.3) is 6.71 Å². The Bertz CT molecular complexity index is 2900. The fraction of sp³-hybridized carbons (Fsp3) is 0.379. The molecule has 0 N–H and O–H groups in total. The van der Waals surface area contributed by atoms with E-state index in [4.69, 9.17) is 0 Å². The third kappa shape index (κ3) is 4.64. The molecule has 0 bridgehead atoms. The summed E-state index contributed by atoms with van der Waals surface area (Å²) >= 11 is 0. The zero-order chi connectivity index (χ0) is 42.9. The molecule has 4 atom stereocenters. The highest BCUT2D eigenvalue weighted by molar-refractivity contribution is 7.00. The first kappa shape index (κ1) is 38.5. The predicted octanol–water partition coefficient (Wildman–Crippen LogP) is 12.9. The lowest BCUT2D eigenvalue weighted by Gasteiger charge is -2.54. The van der Waals surface area contributed by atoms with Crippen LogP contribution in [0.15, 0.2) is 121 Å². The molecule has 0 saturated heterocycles. The first-order valence-corrected chi connectivity index (χ1v) is 23.7. The zero-order valence-corrected chi connectivity index (χ0v) is 38.7. The number of nitrogens with zero attached hydrogens (tertiary/aromatic N) is 3. The van der Waals surface area contributed by atoms with E-state index in [1.54, 1.807) is 0 Å². The Balaban J connectivity index is 1.23. The van der Waals surface area contributed by atoms with Crippen molar-refractivity contribution in [2.45, 2.75) is 141 Å². The van der Waals surface area contributed by atoms with Gasteiger partial charge in [-0.1, -0.05) is 153 Å². The normalized spacial score (nSPS) is 26.3. The molecule has 1 fully saturated rings. The number of rotatable bonds is 2. The fourth-order valence-electron chi connectivity index (χ4n) is 13.9. The second-order valence-corrected chi connectivity index (χ2v) is 22.8. The van der Waals surface area contributed by atoms with Crippen molar-refractivity contribution in [2.24, 2.45) is 0 Å². The summed E-state index contributed by atoms with van der Waals surface area (Å²) in [6, 6.07) is 48.4. The van der Waals surface area contributed by atoms with E-state index in [0.717, 1.165) is 12.8 Å². The van der Waals surface area contributed by atoms with E-state index < -0.39 is 0 Å². The van der Waals surface area contributed by atoms with Crippen molar-refractivity contribution in [1.82, 2.24) is 0 Å². The number of fused-ring (bicyclic) bond motifs is 12. The van der Waals surface area contributed by atoms with Crippen molar-refractivity contribution in [3.05, 3.63) is 155 Å². The van der Waals surface area contributed by atoms with E-state index in [0.29, 0.717) is 0 Å². The maximum absolute atomic E-state index is 2.89. The van der Waals surface area contributed by atoms with Gasteiger partial charge in [-0.2, -0.15) is 0 Å². The predicted molar refractivity (Wildman–Crippen MR) is 264 cm³/mol. The maximum Gasteiger partial charge on any atom is 0.252 e. The minimum atomic E-state index is -0.294. The average Bonchev–Trinajstić information content (AvgIpc) is 3.60.